The van der Waals surface area contributed by atoms with Crippen LogP contribution in [0.25, 0.3) is 0 Å². The number of ether oxygens (including phenoxy) is 2. The van der Waals surface area contributed by atoms with Crippen LogP contribution < -0.4 is 4.90 Å². The molecule has 1 fully saturated rings. The van der Waals surface area contributed by atoms with E-state index in [1.54, 1.807) is 0 Å². The molecule has 1 atom stereocenters. The summed E-state index contributed by atoms with van der Waals surface area (Å²) in [6.07, 6.45) is 0.983. The fraction of sp³-hybridized carbons (Fsp3) is 0.545. The second-order valence-electron chi connectivity index (χ2n) is 3.85. The lowest BCUT2D eigenvalue weighted by Gasteiger charge is -2.32. The summed E-state index contributed by atoms with van der Waals surface area (Å²) in [6.45, 7) is 3.57. The topological polar surface area (TPSA) is 64.5 Å². The number of anilines is 1. The van der Waals surface area contributed by atoms with E-state index in [0.29, 0.717) is 19.7 Å². The largest absolute Gasteiger partial charge is 0.467 e. The Morgan fingerprint density at radius 2 is 2.41 bits per heavy atom. The third-order valence-electron chi connectivity index (χ3n) is 2.64. The molecule has 1 aromatic rings. The van der Waals surface area contributed by atoms with Crippen molar-refractivity contribution in [3.05, 3.63) is 18.1 Å². The third kappa shape index (κ3) is 2.71. The summed E-state index contributed by atoms with van der Waals surface area (Å²) in [5.74, 6) is 0.468. The summed E-state index contributed by atoms with van der Waals surface area (Å²) in [7, 11) is 1.36. The lowest BCUT2D eigenvalue weighted by molar-refractivity contribution is -0.154. The third-order valence-corrected chi connectivity index (χ3v) is 2.64. The highest BCUT2D eigenvalue weighted by Crippen LogP contribution is 2.15. The molecule has 0 saturated carbocycles. The van der Waals surface area contributed by atoms with E-state index in [0.717, 1.165) is 11.5 Å². The van der Waals surface area contributed by atoms with Crippen LogP contribution in [0.2, 0.25) is 0 Å². The van der Waals surface area contributed by atoms with Crippen LogP contribution in [0.3, 0.4) is 0 Å². The normalized spacial score (nSPS) is 20.1. The number of hydrogen-bond acceptors (Lipinski definition) is 6. The minimum absolute atomic E-state index is 0.347. The van der Waals surface area contributed by atoms with E-state index >= 15 is 0 Å². The summed E-state index contributed by atoms with van der Waals surface area (Å²) in [6, 6.07) is 1.89. The van der Waals surface area contributed by atoms with Crippen LogP contribution in [0, 0.1) is 6.92 Å². The van der Waals surface area contributed by atoms with Gasteiger partial charge in [-0.05, 0) is 6.92 Å². The number of carbonyl (C=O) groups excluding carboxylic acids is 1. The molecule has 0 bridgehead atoms. The van der Waals surface area contributed by atoms with E-state index in [4.69, 9.17) is 4.74 Å². The van der Waals surface area contributed by atoms with Crippen molar-refractivity contribution >= 4 is 11.8 Å². The summed E-state index contributed by atoms with van der Waals surface area (Å²) in [5, 5.41) is 0. The number of hydrogen-bond donors (Lipinski definition) is 0. The molecule has 1 saturated heterocycles. The first-order valence-corrected chi connectivity index (χ1v) is 5.43. The molecule has 2 rings (SSSR count). The van der Waals surface area contributed by atoms with E-state index in [2.05, 4.69) is 14.7 Å². The second-order valence-corrected chi connectivity index (χ2v) is 3.85. The van der Waals surface area contributed by atoms with Crippen LogP contribution in [0.15, 0.2) is 12.4 Å². The van der Waals surface area contributed by atoms with Gasteiger partial charge in [-0.3, -0.25) is 0 Å². The Morgan fingerprint density at radius 3 is 3.12 bits per heavy atom. The van der Waals surface area contributed by atoms with Crippen molar-refractivity contribution in [2.45, 2.75) is 13.0 Å². The number of carbonyl (C=O) groups is 1. The predicted molar refractivity (Wildman–Crippen MR) is 60.7 cm³/mol. The van der Waals surface area contributed by atoms with Crippen molar-refractivity contribution < 1.29 is 14.3 Å². The van der Waals surface area contributed by atoms with Gasteiger partial charge in [0.2, 0.25) is 0 Å². The van der Waals surface area contributed by atoms with Gasteiger partial charge in [0, 0.05) is 18.3 Å². The second kappa shape index (κ2) is 5.09. The van der Waals surface area contributed by atoms with E-state index < -0.39 is 6.10 Å². The summed E-state index contributed by atoms with van der Waals surface area (Å²) < 4.78 is 10.0. The maximum absolute atomic E-state index is 11.4. The number of esters is 1. The lowest BCUT2D eigenvalue weighted by Crippen LogP contribution is -2.46. The van der Waals surface area contributed by atoms with Gasteiger partial charge in [0.15, 0.2) is 6.10 Å². The van der Waals surface area contributed by atoms with Crippen molar-refractivity contribution in [3.63, 3.8) is 0 Å². The lowest BCUT2D eigenvalue weighted by atomic mass is 10.2. The van der Waals surface area contributed by atoms with E-state index in [1.807, 2.05) is 17.9 Å². The molecule has 0 aromatic carbocycles. The zero-order chi connectivity index (χ0) is 12.3. The van der Waals surface area contributed by atoms with Crippen molar-refractivity contribution in [1.82, 2.24) is 9.97 Å². The van der Waals surface area contributed by atoms with Gasteiger partial charge in [0.25, 0.3) is 0 Å². The van der Waals surface area contributed by atoms with Gasteiger partial charge in [0.1, 0.15) is 12.1 Å². The molecule has 0 amide bonds. The minimum atomic E-state index is -0.538. The van der Waals surface area contributed by atoms with Crippen molar-refractivity contribution in [1.29, 1.82) is 0 Å². The van der Waals surface area contributed by atoms with Gasteiger partial charge in [0.05, 0.1) is 20.3 Å². The monoisotopic (exact) mass is 237 g/mol. The van der Waals surface area contributed by atoms with Crippen LogP contribution in [0.5, 0.6) is 0 Å². The van der Waals surface area contributed by atoms with Crippen LogP contribution in [0.4, 0.5) is 5.82 Å². The molecule has 0 N–H and O–H groups in total. The number of nitrogens with zero attached hydrogens (tertiary/aromatic N) is 3. The van der Waals surface area contributed by atoms with Gasteiger partial charge in [-0.2, -0.15) is 0 Å². The number of morpholine rings is 1. The molecule has 1 aromatic heterocycles. The first-order chi connectivity index (χ1) is 8.20. The molecule has 0 spiro atoms. The molecule has 1 aliphatic rings. The first-order valence-electron chi connectivity index (χ1n) is 5.43. The number of aryl methyl sites for hydroxylation is 1. The minimum Gasteiger partial charge on any atom is -0.467 e. The van der Waals surface area contributed by atoms with Crippen molar-refractivity contribution in [2.75, 3.05) is 31.7 Å². The van der Waals surface area contributed by atoms with Gasteiger partial charge in [-0.25, -0.2) is 14.8 Å². The average molecular weight is 237 g/mol. The molecule has 0 aliphatic carbocycles. The van der Waals surface area contributed by atoms with Gasteiger partial charge in [-0.15, -0.1) is 0 Å². The predicted octanol–water partition coefficient (Wildman–Crippen LogP) is 0.163. The maximum atomic E-state index is 11.4. The SMILES string of the molecule is COC(=O)C1CN(c2cc(C)ncn2)CCO1. The number of rotatable bonds is 2. The summed E-state index contributed by atoms with van der Waals surface area (Å²) in [4.78, 5) is 21.6. The zero-order valence-electron chi connectivity index (χ0n) is 9.92. The van der Waals surface area contributed by atoms with Crippen LogP contribution in [-0.2, 0) is 14.3 Å². The maximum Gasteiger partial charge on any atom is 0.336 e. The molecule has 17 heavy (non-hydrogen) atoms. The van der Waals surface area contributed by atoms with Crippen molar-refractivity contribution in [3.8, 4) is 0 Å². The summed E-state index contributed by atoms with van der Waals surface area (Å²) in [5.41, 5.74) is 0.899. The zero-order valence-corrected chi connectivity index (χ0v) is 9.92. The van der Waals surface area contributed by atoms with Gasteiger partial charge < -0.3 is 14.4 Å². The first kappa shape index (κ1) is 11.8. The highest BCUT2D eigenvalue weighted by Gasteiger charge is 2.28. The molecule has 92 valence electrons. The van der Waals surface area contributed by atoms with E-state index in [-0.39, 0.29) is 5.97 Å². The molecule has 6 heteroatoms. The van der Waals surface area contributed by atoms with Crippen LogP contribution in [0.1, 0.15) is 5.69 Å². The molecule has 0 radical (unpaired) electrons. The van der Waals surface area contributed by atoms with E-state index in [9.17, 15) is 4.79 Å². The average Bonchev–Trinajstić information content (AvgIpc) is 2.38. The highest BCUT2D eigenvalue weighted by atomic mass is 16.6. The Labute approximate surface area is 99.6 Å². The molecule has 6 nitrogen and oxygen atoms in total. The van der Waals surface area contributed by atoms with Crippen molar-refractivity contribution in [2.24, 2.45) is 0 Å². The summed E-state index contributed by atoms with van der Waals surface area (Å²) >= 11 is 0. The van der Waals surface area contributed by atoms with Crippen LogP contribution >= 0.6 is 0 Å². The molecule has 1 unspecified atom stereocenters. The number of aromatic nitrogens is 2. The Bertz CT molecular complexity index is 411. The van der Waals surface area contributed by atoms with Gasteiger partial charge >= 0.3 is 5.97 Å². The Kier molecular flexibility index (Phi) is 3.53. The van der Waals surface area contributed by atoms with E-state index in [1.165, 1.54) is 13.4 Å². The molecule has 2 heterocycles. The Hall–Kier alpha value is -1.69. The number of methoxy groups -OCH3 is 1. The Balaban J connectivity index is 2.09. The highest BCUT2D eigenvalue weighted by molar-refractivity contribution is 5.75. The van der Waals surface area contributed by atoms with Gasteiger partial charge in [-0.1, -0.05) is 0 Å². The Morgan fingerprint density at radius 1 is 1.59 bits per heavy atom. The molecular weight excluding hydrogens is 222 g/mol. The quantitative estimate of drug-likeness (QED) is 0.683. The smallest absolute Gasteiger partial charge is 0.336 e. The fourth-order valence-corrected chi connectivity index (χ4v) is 1.74. The van der Waals surface area contributed by atoms with Crippen LogP contribution in [-0.4, -0.2) is 48.8 Å². The molecular formula is C11H15N3O3. The fourth-order valence-electron chi connectivity index (χ4n) is 1.74. The standard InChI is InChI=1S/C11H15N3O3/c1-8-5-10(13-7-12-8)14-3-4-17-9(6-14)11(15)16-2/h5,7,9H,3-4,6H2,1-2H3. The molecule has 1 aliphatic heterocycles.